The van der Waals surface area contributed by atoms with Gasteiger partial charge in [0.2, 0.25) is 0 Å². The largest absolute Gasteiger partial charge is 0.368 e. The molecule has 1 aliphatic heterocycles. The Kier molecular flexibility index (Phi) is 4.59. The Labute approximate surface area is 143 Å². The minimum absolute atomic E-state index is 0.0391. The number of tetrazole rings is 1. The molecule has 8 heteroatoms. The highest BCUT2D eigenvalue weighted by Gasteiger charge is 2.25. The van der Waals surface area contributed by atoms with Crippen molar-refractivity contribution in [3.05, 3.63) is 58.3 Å². The van der Waals surface area contributed by atoms with Gasteiger partial charge in [0.15, 0.2) is 5.82 Å². The number of hydrogen-bond acceptors (Lipinski definition) is 7. The summed E-state index contributed by atoms with van der Waals surface area (Å²) in [7, 11) is 0. The Hall–Kier alpha value is -2.16. The first-order valence-electron chi connectivity index (χ1n) is 7.91. The fraction of sp³-hybridized carbons (Fsp3) is 0.375. The molecule has 0 aliphatic carbocycles. The van der Waals surface area contributed by atoms with Crippen LogP contribution < -0.4 is 0 Å². The molecule has 0 spiro atoms. The van der Waals surface area contributed by atoms with E-state index in [0.717, 1.165) is 23.9 Å². The average Bonchev–Trinajstić information content (AvgIpc) is 3.29. The Bertz CT molecular complexity index is 760. The molecule has 124 valence electrons. The number of thiazole rings is 1. The van der Waals surface area contributed by atoms with Crippen LogP contribution >= 0.6 is 11.3 Å². The quantitative estimate of drug-likeness (QED) is 0.704. The summed E-state index contributed by atoms with van der Waals surface area (Å²) in [5.41, 5.74) is 1.19. The van der Waals surface area contributed by atoms with Gasteiger partial charge in [-0.05, 0) is 16.0 Å². The molecule has 0 unspecified atom stereocenters. The Morgan fingerprint density at radius 1 is 1.21 bits per heavy atom. The predicted molar refractivity (Wildman–Crippen MR) is 89.4 cm³/mol. The topological polar surface area (TPSA) is 69.0 Å². The maximum atomic E-state index is 5.85. The molecule has 3 heterocycles. The monoisotopic (exact) mass is 342 g/mol. The zero-order valence-corrected chi connectivity index (χ0v) is 14.0. The first-order chi connectivity index (χ1) is 11.9. The summed E-state index contributed by atoms with van der Waals surface area (Å²) in [6.45, 7) is 3.78. The Morgan fingerprint density at radius 3 is 2.96 bits per heavy atom. The summed E-state index contributed by atoms with van der Waals surface area (Å²) in [4.78, 5) is 6.69. The molecule has 0 saturated carbocycles. The fourth-order valence-electron chi connectivity index (χ4n) is 2.80. The summed E-state index contributed by atoms with van der Waals surface area (Å²) >= 11 is 1.64. The lowest BCUT2D eigenvalue weighted by Gasteiger charge is -2.31. The van der Waals surface area contributed by atoms with Gasteiger partial charge in [0.25, 0.3) is 0 Å². The van der Waals surface area contributed by atoms with Crippen LogP contribution in [0.5, 0.6) is 0 Å². The molecule has 1 aromatic carbocycles. The molecule has 0 amide bonds. The maximum Gasteiger partial charge on any atom is 0.165 e. The van der Waals surface area contributed by atoms with Crippen LogP contribution in [0.25, 0.3) is 0 Å². The standard InChI is InChI=1S/C16H18N6OS/c1-2-4-13(5-3-1)10-22-15(18-19-20-22)12-21-7-8-23-14(11-21)16-17-6-9-24-16/h1-6,9,14H,7-8,10-12H2/t14-/m0/s1. The first kappa shape index (κ1) is 15.4. The number of benzene rings is 1. The highest BCUT2D eigenvalue weighted by molar-refractivity contribution is 7.09. The second kappa shape index (κ2) is 7.16. The molecule has 1 fully saturated rings. The second-order valence-electron chi connectivity index (χ2n) is 5.70. The SMILES string of the molecule is c1ccc(Cn2nnnc2CN2CCO[C@H](c3nccs3)C2)cc1. The average molecular weight is 342 g/mol. The zero-order chi connectivity index (χ0) is 16.2. The number of hydrogen-bond donors (Lipinski definition) is 0. The van der Waals surface area contributed by atoms with E-state index in [1.54, 1.807) is 11.3 Å². The van der Waals surface area contributed by atoms with E-state index < -0.39 is 0 Å². The summed E-state index contributed by atoms with van der Waals surface area (Å²) in [6.07, 6.45) is 1.86. The van der Waals surface area contributed by atoms with Crippen molar-refractivity contribution in [3.63, 3.8) is 0 Å². The van der Waals surface area contributed by atoms with E-state index in [2.05, 4.69) is 37.5 Å². The molecule has 1 saturated heterocycles. The van der Waals surface area contributed by atoms with E-state index in [1.165, 1.54) is 5.56 Å². The number of nitrogens with zero attached hydrogens (tertiary/aromatic N) is 6. The van der Waals surface area contributed by atoms with E-state index in [0.29, 0.717) is 19.7 Å². The molecule has 0 bridgehead atoms. The van der Waals surface area contributed by atoms with Crippen LogP contribution in [0.15, 0.2) is 41.9 Å². The van der Waals surface area contributed by atoms with Gasteiger partial charge in [-0.2, -0.15) is 0 Å². The summed E-state index contributed by atoms with van der Waals surface area (Å²) < 4.78 is 7.71. The molecule has 3 aromatic rings. The molecular formula is C16H18N6OS. The van der Waals surface area contributed by atoms with Crippen LogP contribution in [0.2, 0.25) is 0 Å². The van der Waals surface area contributed by atoms with Gasteiger partial charge in [0.05, 0.1) is 19.7 Å². The number of morpholine rings is 1. The highest BCUT2D eigenvalue weighted by atomic mass is 32.1. The van der Waals surface area contributed by atoms with Crippen molar-refractivity contribution in [1.29, 1.82) is 0 Å². The summed E-state index contributed by atoms with van der Waals surface area (Å²) in [5.74, 6) is 0.874. The van der Waals surface area contributed by atoms with Crippen LogP contribution in [-0.2, 0) is 17.8 Å². The molecule has 24 heavy (non-hydrogen) atoms. The Morgan fingerprint density at radius 2 is 2.12 bits per heavy atom. The molecule has 4 rings (SSSR count). The van der Waals surface area contributed by atoms with Crippen LogP contribution in [0.3, 0.4) is 0 Å². The van der Waals surface area contributed by atoms with Gasteiger partial charge >= 0.3 is 0 Å². The molecular weight excluding hydrogens is 324 g/mol. The molecule has 1 atom stereocenters. The highest BCUT2D eigenvalue weighted by Crippen LogP contribution is 2.24. The fourth-order valence-corrected chi connectivity index (χ4v) is 3.48. The van der Waals surface area contributed by atoms with Crippen molar-refractivity contribution in [2.24, 2.45) is 0 Å². The van der Waals surface area contributed by atoms with Crippen molar-refractivity contribution in [2.75, 3.05) is 19.7 Å². The number of ether oxygens (including phenoxy) is 1. The third-order valence-electron chi connectivity index (χ3n) is 4.02. The molecule has 0 N–H and O–H groups in total. The van der Waals surface area contributed by atoms with Gasteiger partial charge in [-0.15, -0.1) is 16.4 Å². The molecule has 2 aromatic heterocycles. The van der Waals surface area contributed by atoms with Crippen LogP contribution in [0.1, 0.15) is 22.5 Å². The molecule has 0 radical (unpaired) electrons. The van der Waals surface area contributed by atoms with Gasteiger partial charge in [0, 0.05) is 24.7 Å². The maximum absolute atomic E-state index is 5.85. The van der Waals surface area contributed by atoms with Gasteiger partial charge in [-0.3, -0.25) is 4.90 Å². The van der Waals surface area contributed by atoms with Gasteiger partial charge in [-0.1, -0.05) is 30.3 Å². The predicted octanol–water partition coefficient (Wildman–Crippen LogP) is 1.75. The lowest BCUT2D eigenvalue weighted by Crippen LogP contribution is -2.38. The molecule has 1 aliphatic rings. The van der Waals surface area contributed by atoms with E-state index in [-0.39, 0.29) is 6.10 Å². The van der Waals surface area contributed by atoms with E-state index in [4.69, 9.17) is 4.74 Å². The van der Waals surface area contributed by atoms with Crippen molar-refractivity contribution in [1.82, 2.24) is 30.1 Å². The lowest BCUT2D eigenvalue weighted by atomic mass is 10.2. The van der Waals surface area contributed by atoms with Crippen molar-refractivity contribution in [2.45, 2.75) is 19.2 Å². The van der Waals surface area contributed by atoms with E-state index in [9.17, 15) is 0 Å². The minimum Gasteiger partial charge on any atom is -0.368 e. The third kappa shape index (κ3) is 3.50. The normalized spacial score (nSPS) is 18.8. The number of aromatic nitrogens is 5. The van der Waals surface area contributed by atoms with Crippen LogP contribution in [-0.4, -0.2) is 49.8 Å². The van der Waals surface area contributed by atoms with Crippen LogP contribution in [0.4, 0.5) is 0 Å². The second-order valence-corrected chi connectivity index (χ2v) is 6.63. The van der Waals surface area contributed by atoms with Crippen molar-refractivity contribution in [3.8, 4) is 0 Å². The third-order valence-corrected chi connectivity index (χ3v) is 4.89. The first-order valence-corrected chi connectivity index (χ1v) is 8.79. The summed E-state index contributed by atoms with van der Waals surface area (Å²) in [5, 5.41) is 15.2. The zero-order valence-electron chi connectivity index (χ0n) is 13.2. The van der Waals surface area contributed by atoms with E-state index >= 15 is 0 Å². The van der Waals surface area contributed by atoms with Crippen molar-refractivity contribution < 1.29 is 4.74 Å². The van der Waals surface area contributed by atoms with Gasteiger partial charge < -0.3 is 4.74 Å². The minimum atomic E-state index is 0.0391. The molecule has 7 nitrogen and oxygen atoms in total. The Balaban J connectivity index is 1.43. The van der Waals surface area contributed by atoms with Crippen molar-refractivity contribution >= 4 is 11.3 Å². The smallest absolute Gasteiger partial charge is 0.165 e. The van der Waals surface area contributed by atoms with Crippen LogP contribution in [0, 0.1) is 0 Å². The van der Waals surface area contributed by atoms with E-state index in [1.807, 2.05) is 34.5 Å². The lowest BCUT2D eigenvalue weighted by molar-refractivity contribution is -0.0341. The van der Waals surface area contributed by atoms with Gasteiger partial charge in [0.1, 0.15) is 11.1 Å². The summed E-state index contributed by atoms with van der Waals surface area (Å²) in [6, 6.07) is 10.2. The van der Waals surface area contributed by atoms with Gasteiger partial charge in [-0.25, -0.2) is 9.67 Å². The number of rotatable bonds is 5.